The molecule has 1 amide bonds. The van der Waals surface area contributed by atoms with Crippen molar-refractivity contribution in [2.24, 2.45) is 13.0 Å². The lowest BCUT2D eigenvalue weighted by Crippen LogP contribution is -2.59. The lowest BCUT2D eigenvalue weighted by Gasteiger charge is -2.38. The smallest absolute Gasteiger partial charge is 0.344 e. The van der Waals surface area contributed by atoms with Gasteiger partial charge in [0.05, 0.1) is 4.90 Å². The normalized spacial score (nSPS) is 23.1. The van der Waals surface area contributed by atoms with Crippen LogP contribution < -0.4 is 10.0 Å². The van der Waals surface area contributed by atoms with Gasteiger partial charge in [-0.1, -0.05) is 30.3 Å². The number of amides is 1. The fraction of sp³-hybridized carbons (Fsp3) is 0.444. The minimum atomic E-state index is -4.40. The lowest BCUT2D eigenvalue weighted by atomic mass is 9.85. The first-order valence-corrected chi connectivity index (χ1v) is 14.3. The van der Waals surface area contributed by atoms with Gasteiger partial charge in [-0.2, -0.15) is 13.2 Å². The van der Waals surface area contributed by atoms with E-state index in [0.717, 1.165) is 22.2 Å². The van der Waals surface area contributed by atoms with Crippen LogP contribution in [0.25, 0.3) is 22.2 Å². The molecular formula is C27H31F3N4O3S. The van der Waals surface area contributed by atoms with Crippen molar-refractivity contribution in [3.05, 3.63) is 54.6 Å². The number of aryl methyl sites for hydroxylation is 1. The van der Waals surface area contributed by atoms with Crippen LogP contribution in [-0.4, -0.2) is 61.7 Å². The second kappa shape index (κ2) is 10.3. The highest BCUT2D eigenvalue weighted by molar-refractivity contribution is 7.89. The SMILES string of the molecule is Cn1c(-c2ccccc2)cc2cc(S(=O)(=O)N[C@H]3CC[C@H](C(=O)N4CCN[C@@H](C(F)(F)F)C4)CC3)ccc21. The van der Waals surface area contributed by atoms with Crippen molar-refractivity contribution >= 4 is 26.8 Å². The Bertz CT molecular complexity index is 1410. The molecule has 3 aromatic rings. The third kappa shape index (κ3) is 5.45. The van der Waals surface area contributed by atoms with Crippen LogP contribution in [-0.2, 0) is 21.9 Å². The zero-order chi connectivity index (χ0) is 27.1. The Labute approximate surface area is 220 Å². The molecule has 38 heavy (non-hydrogen) atoms. The highest BCUT2D eigenvalue weighted by Crippen LogP contribution is 2.31. The highest BCUT2D eigenvalue weighted by atomic mass is 32.2. The molecule has 2 aliphatic rings. The van der Waals surface area contributed by atoms with Crippen LogP contribution in [0.4, 0.5) is 13.2 Å². The van der Waals surface area contributed by atoms with Gasteiger partial charge in [0.25, 0.3) is 0 Å². The first-order chi connectivity index (χ1) is 18.0. The van der Waals surface area contributed by atoms with E-state index in [1.807, 2.05) is 48.0 Å². The largest absolute Gasteiger partial charge is 0.405 e. The molecule has 0 spiro atoms. The number of alkyl halides is 3. The van der Waals surface area contributed by atoms with Crippen molar-refractivity contribution in [2.75, 3.05) is 19.6 Å². The van der Waals surface area contributed by atoms with Crippen molar-refractivity contribution < 1.29 is 26.4 Å². The van der Waals surface area contributed by atoms with Crippen molar-refractivity contribution in [1.82, 2.24) is 19.5 Å². The fourth-order valence-electron chi connectivity index (χ4n) is 5.55. The molecule has 1 atom stereocenters. The number of carbonyl (C=O) groups is 1. The van der Waals surface area contributed by atoms with Gasteiger partial charge in [-0.15, -0.1) is 0 Å². The van der Waals surface area contributed by atoms with E-state index in [1.165, 1.54) is 4.90 Å². The van der Waals surface area contributed by atoms with E-state index in [9.17, 15) is 26.4 Å². The maximum atomic E-state index is 13.2. The van der Waals surface area contributed by atoms with E-state index in [0.29, 0.717) is 25.7 Å². The second-order valence-electron chi connectivity index (χ2n) is 10.2. The van der Waals surface area contributed by atoms with Gasteiger partial charge in [-0.3, -0.25) is 4.79 Å². The summed E-state index contributed by atoms with van der Waals surface area (Å²) in [7, 11) is -1.84. The molecule has 1 saturated heterocycles. The summed E-state index contributed by atoms with van der Waals surface area (Å²) in [5.74, 6) is -0.661. The Morgan fingerprint density at radius 2 is 1.74 bits per heavy atom. The summed E-state index contributed by atoms with van der Waals surface area (Å²) in [5, 5.41) is 3.24. The van der Waals surface area contributed by atoms with Crippen LogP contribution in [0.3, 0.4) is 0 Å². The van der Waals surface area contributed by atoms with Gasteiger partial charge in [0.2, 0.25) is 15.9 Å². The summed E-state index contributed by atoms with van der Waals surface area (Å²) in [6.45, 7) is -0.0432. The van der Waals surface area contributed by atoms with E-state index < -0.39 is 22.2 Å². The number of halogens is 3. The number of carbonyl (C=O) groups excluding carboxylic acids is 1. The third-order valence-electron chi connectivity index (χ3n) is 7.67. The standard InChI is InChI=1S/C27H31F3N4O3S/c1-33-23-12-11-22(15-20(23)16-24(33)18-5-3-2-4-6-18)38(36,37)32-21-9-7-19(8-10-21)26(35)34-14-13-31-25(17-34)27(28,29)30/h2-6,11-12,15-16,19,21,25,31-32H,7-10,13-14,17H2,1H3/t19-,21-,25-/m1/s1. The average molecular weight is 549 g/mol. The molecule has 7 nitrogen and oxygen atoms in total. The first-order valence-electron chi connectivity index (χ1n) is 12.8. The Hall–Kier alpha value is -2.89. The zero-order valence-corrected chi connectivity index (χ0v) is 21.9. The number of fused-ring (bicyclic) bond motifs is 1. The molecule has 11 heteroatoms. The zero-order valence-electron chi connectivity index (χ0n) is 21.0. The number of aromatic nitrogens is 1. The Balaban J connectivity index is 1.22. The summed E-state index contributed by atoms with van der Waals surface area (Å²) < 4.78 is 70.5. The number of piperazine rings is 1. The molecule has 1 aromatic heterocycles. The fourth-order valence-corrected chi connectivity index (χ4v) is 6.89. The van der Waals surface area contributed by atoms with Crippen molar-refractivity contribution in [3.63, 3.8) is 0 Å². The second-order valence-corrected chi connectivity index (χ2v) is 11.9. The van der Waals surface area contributed by atoms with E-state index in [-0.39, 0.29) is 42.4 Å². The molecule has 1 aliphatic heterocycles. The number of hydrogen-bond donors (Lipinski definition) is 2. The van der Waals surface area contributed by atoms with E-state index >= 15 is 0 Å². The summed E-state index contributed by atoms with van der Waals surface area (Å²) in [6, 6.07) is 14.9. The predicted octanol–water partition coefficient (Wildman–Crippen LogP) is 4.05. The molecular weight excluding hydrogens is 517 g/mol. The molecule has 0 bridgehead atoms. The minimum Gasteiger partial charge on any atom is -0.344 e. The number of hydrogen-bond acceptors (Lipinski definition) is 4. The summed E-state index contributed by atoms with van der Waals surface area (Å²) in [6.07, 6.45) is -2.62. The molecule has 204 valence electrons. The third-order valence-corrected chi connectivity index (χ3v) is 9.19. The van der Waals surface area contributed by atoms with Crippen LogP contribution in [0.5, 0.6) is 0 Å². The molecule has 2 fully saturated rings. The van der Waals surface area contributed by atoms with Crippen LogP contribution in [0.15, 0.2) is 59.5 Å². The molecule has 2 N–H and O–H groups in total. The highest BCUT2D eigenvalue weighted by Gasteiger charge is 2.43. The number of nitrogens with one attached hydrogen (secondary N) is 2. The van der Waals surface area contributed by atoms with Crippen LogP contribution in [0.1, 0.15) is 25.7 Å². The van der Waals surface area contributed by atoms with E-state index in [2.05, 4.69) is 10.0 Å². The van der Waals surface area contributed by atoms with E-state index in [1.54, 1.807) is 18.2 Å². The molecule has 0 unspecified atom stereocenters. The van der Waals surface area contributed by atoms with Crippen LogP contribution in [0, 0.1) is 5.92 Å². The van der Waals surface area contributed by atoms with Crippen molar-refractivity contribution in [2.45, 2.75) is 48.8 Å². The van der Waals surface area contributed by atoms with Gasteiger partial charge in [-0.25, -0.2) is 13.1 Å². The lowest BCUT2D eigenvalue weighted by molar-refractivity contribution is -0.169. The summed E-state index contributed by atoms with van der Waals surface area (Å²) >= 11 is 0. The quantitative estimate of drug-likeness (QED) is 0.504. The molecule has 2 aromatic carbocycles. The predicted molar refractivity (Wildman–Crippen MR) is 139 cm³/mol. The van der Waals surface area contributed by atoms with Gasteiger partial charge in [0.15, 0.2) is 0 Å². The maximum Gasteiger partial charge on any atom is 0.405 e. The average Bonchev–Trinajstić information content (AvgIpc) is 3.24. The number of benzene rings is 2. The van der Waals surface area contributed by atoms with Crippen LogP contribution >= 0.6 is 0 Å². The molecule has 0 radical (unpaired) electrons. The Morgan fingerprint density at radius 3 is 2.42 bits per heavy atom. The molecule has 5 rings (SSSR count). The van der Waals surface area contributed by atoms with Gasteiger partial charge in [0, 0.05) is 55.2 Å². The Kier molecular flexibility index (Phi) is 7.27. The number of sulfonamides is 1. The minimum absolute atomic E-state index is 0.101. The van der Waals surface area contributed by atoms with E-state index in [4.69, 9.17) is 0 Å². The van der Waals surface area contributed by atoms with Crippen LogP contribution in [0.2, 0.25) is 0 Å². The summed E-state index contributed by atoms with van der Waals surface area (Å²) in [5.41, 5.74) is 2.94. The van der Waals surface area contributed by atoms with Gasteiger partial charge in [0.1, 0.15) is 6.04 Å². The van der Waals surface area contributed by atoms with Crippen molar-refractivity contribution in [1.29, 1.82) is 0 Å². The molecule has 1 saturated carbocycles. The van der Waals surface area contributed by atoms with Crippen molar-refractivity contribution in [3.8, 4) is 11.3 Å². The number of nitrogens with zero attached hydrogens (tertiary/aromatic N) is 2. The first kappa shape index (κ1) is 26.7. The Morgan fingerprint density at radius 1 is 1.03 bits per heavy atom. The maximum absolute atomic E-state index is 13.2. The molecule has 2 heterocycles. The van der Waals surface area contributed by atoms with Gasteiger partial charge < -0.3 is 14.8 Å². The topological polar surface area (TPSA) is 83.4 Å². The monoisotopic (exact) mass is 548 g/mol. The summed E-state index contributed by atoms with van der Waals surface area (Å²) in [4.78, 5) is 14.4. The molecule has 1 aliphatic carbocycles. The van der Waals surface area contributed by atoms with Gasteiger partial charge in [-0.05, 0) is 55.5 Å². The van der Waals surface area contributed by atoms with Gasteiger partial charge >= 0.3 is 6.18 Å². The number of rotatable bonds is 5.